The summed E-state index contributed by atoms with van der Waals surface area (Å²) in [5.74, 6) is 0.550. The number of aliphatic imine (C=N–C) groups is 1. The Morgan fingerprint density at radius 1 is 1.22 bits per heavy atom. The van der Waals surface area contributed by atoms with Crippen molar-refractivity contribution in [3.63, 3.8) is 0 Å². The van der Waals surface area contributed by atoms with Gasteiger partial charge in [-0.3, -0.25) is 14.7 Å². The maximum Gasteiger partial charge on any atom is 0.280 e. The first kappa shape index (κ1) is 10.8. The number of rotatable bonds is 1. The summed E-state index contributed by atoms with van der Waals surface area (Å²) in [6.07, 6.45) is 9.71. The number of aromatic nitrogens is 2. The predicted molar refractivity (Wildman–Crippen MR) is 66.9 cm³/mol. The molecule has 2 aliphatic rings. The van der Waals surface area contributed by atoms with Gasteiger partial charge in [0.05, 0.1) is 12.2 Å². The van der Waals surface area contributed by atoms with Crippen LogP contribution in [0.4, 0.5) is 0 Å². The lowest BCUT2D eigenvalue weighted by molar-refractivity contribution is 0.0820. The maximum atomic E-state index is 12.2. The van der Waals surface area contributed by atoms with Gasteiger partial charge in [0.15, 0.2) is 5.69 Å². The first-order chi connectivity index (χ1) is 8.75. The van der Waals surface area contributed by atoms with Crippen LogP contribution in [0.1, 0.15) is 29.5 Å². The van der Waals surface area contributed by atoms with Crippen LogP contribution >= 0.6 is 0 Å². The number of hydrogen-bond donors (Lipinski definition) is 0. The topological polar surface area (TPSA) is 58.5 Å². The van der Waals surface area contributed by atoms with E-state index in [9.17, 15) is 4.79 Å². The summed E-state index contributed by atoms with van der Waals surface area (Å²) in [5.41, 5.74) is 2.25. The lowest BCUT2D eigenvalue weighted by Crippen LogP contribution is -2.22. The van der Waals surface area contributed by atoms with Gasteiger partial charge in [-0.25, -0.2) is 9.98 Å². The van der Waals surface area contributed by atoms with Crippen molar-refractivity contribution in [2.24, 2.45) is 4.99 Å². The summed E-state index contributed by atoms with van der Waals surface area (Å²) in [6.45, 7) is 2.44. The molecule has 0 saturated heterocycles. The average Bonchev–Trinajstić information content (AvgIpc) is 2.57. The summed E-state index contributed by atoms with van der Waals surface area (Å²) in [7, 11) is 0. The van der Waals surface area contributed by atoms with Gasteiger partial charge in [-0.15, -0.1) is 0 Å². The van der Waals surface area contributed by atoms with Gasteiger partial charge in [-0.1, -0.05) is 6.08 Å². The molecule has 0 bridgehead atoms. The van der Waals surface area contributed by atoms with Gasteiger partial charge >= 0.3 is 0 Å². The molecule has 0 N–H and O–H groups in total. The summed E-state index contributed by atoms with van der Waals surface area (Å²) >= 11 is 0. The van der Waals surface area contributed by atoms with Crippen molar-refractivity contribution >= 4 is 12.1 Å². The molecule has 5 nitrogen and oxygen atoms in total. The number of amides is 1. The van der Waals surface area contributed by atoms with Crippen molar-refractivity contribution in [3.05, 3.63) is 47.3 Å². The zero-order chi connectivity index (χ0) is 12.5. The zero-order valence-electron chi connectivity index (χ0n) is 10.00. The normalized spacial score (nSPS) is 18.3. The van der Waals surface area contributed by atoms with E-state index >= 15 is 0 Å². The quantitative estimate of drug-likeness (QED) is 0.750. The second-order valence-electron chi connectivity index (χ2n) is 4.25. The Bertz CT molecular complexity index is 601. The standard InChI is InChI=1S/C13H12N4O/c1-9-3-2-4-11(16-7-9)17-8-10-12(13(17)18)15-6-5-14-10/h3-7H,2,8H2,1H3. The van der Waals surface area contributed by atoms with E-state index in [1.165, 1.54) is 6.20 Å². The van der Waals surface area contributed by atoms with Gasteiger partial charge in [-0.05, 0) is 25.0 Å². The molecule has 1 aromatic heterocycles. The number of fused-ring (bicyclic) bond motifs is 1. The first-order valence-corrected chi connectivity index (χ1v) is 5.78. The Hall–Kier alpha value is -2.30. The van der Waals surface area contributed by atoms with Crippen LogP contribution in [0.3, 0.4) is 0 Å². The van der Waals surface area contributed by atoms with Crippen molar-refractivity contribution in [1.82, 2.24) is 14.9 Å². The van der Waals surface area contributed by atoms with Gasteiger partial charge in [0.1, 0.15) is 5.82 Å². The highest BCUT2D eigenvalue weighted by Crippen LogP contribution is 2.24. The van der Waals surface area contributed by atoms with Gasteiger partial charge in [0, 0.05) is 18.6 Å². The Balaban J connectivity index is 1.91. The van der Waals surface area contributed by atoms with Crippen molar-refractivity contribution in [2.75, 3.05) is 0 Å². The van der Waals surface area contributed by atoms with E-state index in [2.05, 4.69) is 21.0 Å². The van der Waals surface area contributed by atoms with Crippen LogP contribution in [0.15, 0.2) is 40.9 Å². The molecule has 1 amide bonds. The second kappa shape index (κ2) is 4.18. The van der Waals surface area contributed by atoms with Crippen LogP contribution in [0.2, 0.25) is 0 Å². The van der Waals surface area contributed by atoms with Crippen LogP contribution in [0.5, 0.6) is 0 Å². The summed E-state index contributed by atoms with van der Waals surface area (Å²) in [6, 6.07) is 0. The Morgan fingerprint density at radius 3 is 2.89 bits per heavy atom. The van der Waals surface area contributed by atoms with Crippen LogP contribution in [0, 0.1) is 0 Å². The molecule has 1 aromatic rings. The van der Waals surface area contributed by atoms with E-state index in [4.69, 9.17) is 0 Å². The fourth-order valence-corrected chi connectivity index (χ4v) is 2.00. The molecule has 0 atom stereocenters. The minimum atomic E-state index is -0.124. The van der Waals surface area contributed by atoms with Gasteiger partial charge < -0.3 is 0 Å². The summed E-state index contributed by atoms with van der Waals surface area (Å²) in [5, 5.41) is 0. The van der Waals surface area contributed by atoms with Crippen molar-refractivity contribution in [2.45, 2.75) is 19.9 Å². The molecule has 18 heavy (non-hydrogen) atoms. The molecule has 0 spiro atoms. The average molecular weight is 240 g/mol. The van der Waals surface area contributed by atoms with Gasteiger partial charge in [-0.2, -0.15) is 0 Å². The highest BCUT2D eigenvalue weighted by atomic mass is 16.2. The van der Waals surface area contributed by atoms with Gasteiger partial charge in [0.25, 0.3) is 5.91 Å². The molecular formula is C13H12N4O. The monoisotopic (exact) mass is 240 g/mol. The maximum absolute atomic E-state index is 12.2. The fourth-order valence-electron chi connectivity index (χ4n) is 2.00. The molecule has 5 heteroatoms. The second-order valence-corrected chi connectivity index (χ2v) is 4.25. The SMILES string of the molecule is CC1=CCC=C(N2Cc3nccnc3C2=O)N=C1. The van der Waals surface area contributed by atoms with Crippen LogP contribution in [-0.2, 0) is 6.54 Å². The molecule has 90 valence electrons. The Morgan fingerprint density at radius 2 is 2.06 bits per heavy atom. The van der Waals surface area contributed by atoms with E-state index in [0.717, 1.165) is 12.0 Å². The number of allylic oxidation sites excluding steroid dienone is 3. The number of carbonyl (C=O) groups is 1. The highest BCUT2D eigenvalue weighted by Gasteiger charge is 2.31. The number of carbonyl (C=O) groups excluding carboxylic acids is 1. The third kappa shape index (κ3) is 1.73. The Kier molecular flexibility index (Phi) is 2.51. The fraction of sp³-hybridized carbons (Fsp3) is 0.231. The summed E-state index contributed by atoms with van der Waals surface area (Å²) < 4.78 is 0. The third-order valence-electron chi connectivity index (χ3n) is 2.95. The van der Waals surface area contributed by atoms with E-state index in [1.807, 2.05) is 13.0 Å². The number of hydrogen-bond acceptors (Lipinski definition) is 4. The molecule has 0 aliphatic carbocycles. The molecule has 0 radical (unpaired) electrons. The van der Waals surface area contributed by atoms with Crippen LogP contribution < -0.4 is 0 Å². The lowest BCUT2D eigenvalue weighted by Gasteiger charge is -2.14. The van der Waals surface area contributed by atoms with Crippen molar-refractivity contribution < 1.29 is 4.79 Å². The molecular weight excluding hydrogens is 228 g/mol. The predicted octanol–water partition coefficient (Wildman–Crippen LogP) is 1.69. The summed E-state index contributed by atoms with van der Waals surface area (Å²) in [4.78, 5) is 26.4. The molecule has 3 rings (SSSR count). The third-order valence-corrected chi connectivity index (χ3v) is 2.95. The van der Waals surface area contributed by atoms with Gasteiger partial charge in [0.2, 0.25) is 0 Å². The molecule has 0 saturated carbocycles. The Labute approximate surface area is 105 Å². The lowest BCUT2D eigenvalue weighted by atomic mass is 10.2. The number of nitrogens with zero attached hydrogens (tertiary/aromatic N) is 4. The molecule has 0 aromatic carbocycles. The van der Waals surface area contributed by atoms with Crippen LogP contribution in [-0.4, -0.2) is 27.0 Å². The molecule has 3 heterocycles. The van der Waals surface area contributed by atoms with Crippen LogP contribution in [0.25, 0.3) is 0 Å². The zero-order valence-corrected chi connectivity index (χ0v) is 10.00. The molecule has 0 unspecified atom stereocenters. The van der Waals surface area contributed by atoms with E-state index < -0.39 is 0 Å². The van der Waals surface area contributed by atoms with Crippen molar-refractivity contribution in [3.8, 4) is 0 Å². The minimum Gasteiger partial charge on any atom is -0.285 e. The highest BCUT2D eigenvalue weighted by molar-refractivity contribution is 5.97. The first-order valence-electron chi connectivity index (χ1n) is 5.78. The largest absolute Gasteiger partial charge is 0.285 e. The molecule has 2 aliphatic heterocycles. The van der Waals surface area contributed by atoms with E-state index in [1.54, 1.807) is 17.3 Å². The van der Waals surface area contributed by atoms with E-state index in [0.29, 0.717) is 23.8 Å². The van der Waals surface area contributed by atoms with E-state index in [-0.39, 0.29) is 5.91 Å². The smallest absolute Gasteiger partial charge is 0.280 e. The van der Waals surface area contributed by atoms with Crippen molar-refractivity contribution in [1.29, 1.82) is 0 Å². The minimum absolute atomic E-state index is 0.124. The molecule has 0 fully saturated rings.